The summed E-state index contributed by atoms with van der Waals surface area (Å²) < 4.78 is 4.67. The molecule has 0 spiro atoms. The maximum Gasteiger partial charge on any atom is 0.307 e. The lowest BCUT2D eigenvalue weighted by molar-refractivity contribution is -0.141. The van der Waals surface area contributed by atoms with E-state index in [4.69, 9.17) is 0 Å². The fourth-order valence-corrected chi connectivity index (χ4v) is 2.75. The lowest BCUT2D eigenvalue weighted by atomic mass is 10.0. The van der Waals surface area contributed by atoms with Gasteiger partial charge in [0.05, 0.1) is 13.5 Å². The van der Waals surface area contributed by atoms with Crippen molar-refractivity contribution in [1.82, 2.24) is 9.80 Å². The number of hydrogen-bond acceptors (Lipinski definition) is 5. The Morgan fingerprint density at radius 2 is 1.52 bits per heavy atom. The molecule has 6 nitrogen and oxygen atoms in total. The average Bonchev–Trinajstić information content (AvgIpc) is 2.68. The van der Waals surface area contributed by atoms with Gasteiger partial charge in [-0.25, -0.2) is 0 Å². The Bertz CT molecular complexity index is 609. The molecule has 0 unspecified atom stereocenters. The summed E-state index contributed by atoms with van der Waals surface area (Å²) in [5.74, 6) is -0.488. The molecule has 1 aromatic rings. The van der Waals surface area contributed by atoms with Crippen LogP contribution in [0.5, 0.6) is 0 Å². The van der Waals surface area contributed by atoms with Crippen LogP contribution in [0, 0.1) is 6.92 Å². The average molecular weight is 376 g/mol. The Labute approximate surface area is 162 Å². The van der Waals surface area contributed by atoms with Crippen molar-refractivity contribution in [1.29, 1.82) is 0 Å². The Hall–Kier alpha value is -2.21. The number of aryl methyl sites for hydroxylation is 1. The lowest BCUT2D eigenvalue weighted by Crippen LogP contribution is -2.40. The number of methoxy groups -OCH3 is 1. The van der Waals surface area contributed by atoms with Crippen LogP contribution in [0.4, 0.5) is 0 Å². The fourth-order valence-electron chi connectivity index (χ4n) is 2.75. The highest BCUT2D eigenvalue weighted by atomic mass is 16.5. The second-order valence-corrected chi connectivity index (χ2v) is 6.52. The van der Waals surface area contributed by atoms with Crippen molar-refractivity contribution < 1.29 is 19.1 Å². The number of nitrogens with zero attached hydrogens (tertiary/aromatic N) is 2. The zero-order valence-corrected chi connectivity index (χ0v) is 17.0. The molecular weight excluding hydrogens is 344 g/mol. The van der Waals surface area contributed by atoms with Crippen LogP contribution in [0.1, 0.15) is 49.0 Å². The van der Waals surface area contributed by atoms with Crippen LogP contribution < -0.4 is 0 Å². The predicted molar refractivity (Wildman–Crippen MR) is 106 cm³/mol. The van der Waals surface area contributed by atoms with Gasteiger partial charge in [0.15, 0.2) is 5.78 Å². The number of esters is 1. The van der Waals surface area contributed by atoms with Crippen molar-refractivity contribution in [3.8, 4) is 0 Å². The van der Waals surface area contributed by atoms with Gasteiger partial charge in [-0.3, -0.25) is 14.4 Å². The molecule has 150 valence electrons. The maximum absolute atomic E-state index is 12.6. The van der Waals surface area contributed by atoms with Crippen LogP contribution in [-0.4, -0.2) is 67.3 Å². The predicted octanol–water partition coefficient (Wildman–Crippen LogP) is 2.69. The van der Waals surface area contributed by atoms with Crippen molar-refractivity contribution in [3.63, 3.8) is 0 Å². The lowest BCUT2D eigenvalue weighted by Gasteiger charge is -2.26. The molecular formula is C21H32N2O4. The number of benzene rings is 1. The number of amides is 1. The fraction of sp³-hybridized carbons (Fsp3) is 0.571. The Morgan fingerprint density at radius 1 is 0.889 bits per heavy atom. The zero-order valence-electron chi connectivity index (χ0n) is 17.0. The summed E-state index contributed by atoms with van der Waals surface area (Å²) in [6, 6.07) is 7.36. The summed E-state index contributed by atoms with van der Waals surface area (Å²) in [4.78, 5) is 40.3. The standard InChI is InChI=1S/C21H32N2O4/c1-5-22(6-2)15-16-23(14-13-21(26)27-4)20(25)12-11-19(24)18-9-7-17(3)8-10-18/h7-10H,5-6,11-16H2,1-4H3. The topological polar surface area (TPSA) is 66.9 Å². The van der Waals surface area contributed by atoms with Crippen LogP contribution in [0.3, 0.4) is 0 Å². The van der Waals surface area contributed by atoms with Crippen LogP contribution >= 0.6 is 0 Å². The molecule has 1 amide bonds. The third-order valence-electron chi connectivity index (χ3n) is 4.69. The van der Waals surface area contributed by atoms with Gasteiger partial charge >= 0.3 is 5.97 Å². The molecule has 0 atom stereocenters. The SMILES string of the molecule is CCN(CC)CCN(CCC(=O)OC)C(=O)CCC(=O)c1ccc(C)cc1. The minimum absolute atomic E-state index is 0.0417. The van der Waals surface area contributed by atoms with E-state index in [0.717, 1.165) is 25.2 Å². The monoisotopic (exact) mass is 376 g/mol. The summed E-state index contributed by atoms with van der Waals surface area (Å²) in [6.45, 7) is 9.51. The highest BCUT2D eigenvalue weighted by Gasteiger charge is 2.18. The number of likely N-dealkylation sites (N-methyl/N-ethyl adjacent to an activating group) is 1. The quantitative estimate of drug-likeness (QED) is 0.414. The minimum atomic E-state index is -0.341. The normalized spacial score (nSPS) is 10.7. The molecule has 0 aromatic heterocycles. The Balaban J connectivity index is 2.63. The molecule has 6 heteroatoms. The molecule has 0 heterocycles. The van der Waals surface area contributed by atoms with Crippen LogP contribution in [-0.2, 0) is 14.3 Å². The van der Waals surface area contributed by atoms with Gasteiger partial charge in [0, 0.05) is 38.0 Å². The summed E-state index contributed by atoms with van der Waals surface area (Å²) in [7, 11) is 1.34. The second kappa shape index (κ2) is 12.2. The molecule has 0 aliphatic heterocycles. The van der Waals surface area contributed by atoms with Crippen molar-refractivity contribution in [2.75, 3.05) is 39.8 Å². The van der Waals surface area contributed by atoms with Gasteiger partial charge in [0.2, 0.25) is 5.91 Å². The Kier molecular flexibility index (Phi) is 10.3. The minimum Gasteiger partial charge on any atom is -0.469 e. The third kappa shape index (κ3) is 8.35. The van der Waals surface area contributed by atoms with E-state index in [1.54, 1.807) is 17.0 Å². The number of carbonyl (C=O) groups is 3. The molecule has 0 radical (unpaired) electrons. The number of hydrogen-bond donors (Lipinski definition) is 0. The number of ketones is 1. The van der Waals surface area contributed by atoms with E-state index < -0.39 is 0 Å². The molecule has 27 heavy (non-hydrogen) atoms. The van der Waals surface area contributed by atoms with Gasteiger partial charge in [0.1, 0.15) is 0 Å². The van der Waals surface area contributed by atoms with Gasteiger partial charge in [-0.05, 0) is 20.0 Å². The van der Waals surface area contributed by atoms with Crippen molar-refractivity contribution in [2.45, 2.75) is 40.0 Å². The summed E-state index contributed by atoms with van der Waals surface area (Å²) in [5.41, 5.74) is 1.71. The highest BCUT2D eigenvalue weighted by Crippen LogP contribution is 2.09. The molecule has 0 fully saturated rings. The highest BCUT2D eigenvalue weighted by molar-refractivity contribution is 5.98. The molecule has 0 aliphatic rings. The maximum atomic E-state index is 12.6. The first kappa shape index (κ1) is 22.8. The summed E-state index contributed by atoms with van der Waals surface area (Å²) >= 11 is 0. The molecule has 1 aromatic carbocycles. The third-order valence-corrected chi connectivity index (χ3v) is 4.69. The molecule has 0 saturated heterocycles. The first-order valence-corrected chi connectivity index (χ1v) is 9.58. The van der Waals surface area contributed by atoms with Gasteiger partial charge in [-0.15, -0.1) is 0 Å². The molecule has 0 saturated carbocycles. The largest absolute Gasteiger partial charge is 0.469 e. The summed E-state index contributed by atoms with van der Waals surface area (Å²) in [5, 5.41) is 0. The first-order chi connectivity index (χ1) is 12.9. The molecule has 0 N–H and O–H groups in total. The smallest absolute Gasteiger partial charge is 0.307 e. The van der Waals surface area contributed by atoms with E-state index in [2.05, 4.69) is 23.5 Å². The van der Waals surface area contributed by atoms with E-state index in [0.29, 0.717) is 18.7 Å². The summed E-state index contributed by atoms with van der Waals surface area (Å²) in [6.07, 6.45) is 0.473. The van der Waals surface area contributed by atoms with Crippen molar-refractivity contribution in [2.24, 2.45) is 0 Å². The van der Waals surface area contributed by atoms with Gasteiger partial charge in [0.25, 0.3) is 0 Å². The van der Waals surface area contributed by atoms with E-state index in [1.165, 1.54) is 7.11 Å². The van der Waals surface area contributed by atoms with E-state index >= 15 is 0 Å². The van der Waals surface area contributed by atoms with Crippen LogP contribution in [0.25, 0.3) is 0 Å². The number of ether oxygens (including phenoxy) is 1. The zero-order chi connectivity index (χ0) is 20.2. The van der Waals surface area contributed by atoms with Gasteiger partial charge in [-0.2, -0.15) is 0 Å². The van der Waals surface area contributed by atoms with Gasteiger partial charge < -0.3 is 14.5 Å². The Morgan fingerprint density at radius 3 is 2.07 bits per heavy atom. The van der Waals surface area contributed by atoms with Crippen molar-refractivity contribution >= 4 is 17.7 Å². The molecule has 0 aliphatic carbocycles. The molecule has 0 bridgehead atoms. The van der Waals surface area contributed by atoms with Gasteiger partial charge in [-0.1, -0.05) is 43.7 Å². The van der Waals surface area contributed by atoms with E-state index in [1.807, 2.05) is 19.1 Å². The van der Waals surface area contributed by atoms with Crippen molar-refractivity contribution in [3.05, 3.63) is 35.4 Å². The van der Waals surface area contributed by atoms with Crippen LogP contribution in [0.15, 0.2) is 24.3 Å². The number of rotatable bonds is 12. The molecule has 1 rings (SSSR count). The van der Waals surface area contributed by atoms with E-state index in [-0.39, 0.29) is 36.9 Å². The van der Waals surface area contributed by atoms with Crippen LogP contribution in [0.2, 0.25) is 0 Å². The first-order valence-electron chi connectivity index (χ1n) is 9.58. The van der Waals surface area contributed by atoms with E-state index in [9.17, 15) is 14.4 Å². The second-order valence-electron chi connectivity index (χ2n) is 6.52. The number of carbonyl (C=O) groups excluding carboxylic acids is 3. The number of Topliss-reactive ketones (excluding diaryl/α,β-unsaturated/α-hetero) is 1.